The van der Waals surface area contributed by atoms with E-state index in [0.29, 0.717) is 36.1 Å². The van der Waals surface area contributed by atoms with Crippen LogP contribution in [0.4, 0.5) is 10.5 Å². The maximum absolute atomic E-state index is 12.6. The highest BCUT2D eigenvalue weighted by molar-refractivity contribution is 5.94. The van der Waals surface area contributed by atoms with Crippen LogP contribution >= 0.6 is 0 Å². The number of rotatable bonds is 4. The van der Waals surface area contributed by atoms with E-state index in [-0.39, 0.29) is 18.2 Å². The van der Waals surface area contributed by atoms with Gasteiger partial charge in [0.15, 0.2) is 5.82 Å². The Hall–Kier alpha value is -4.35. The van der Waals surface area contributed by atoms with Gasteiger partial charge in [0, 0.05) is 25.0 Å². The van der Waals surface area contributed by atoms with E-state index < -0.39 is 0 Å². The van der Waals surface area contributed by atoms with E-state index in [9.17, 15) is 4.79 Å². The van der Waals surface area contributed by atoms with Crippen LogP contribution in [0.25, 0.3) is 22.6 Å². The van der Waals surface area contributed by atoms with Crippen LogP contribution in [-0.2, 0) is 18.3 Å². The quantitative estimate of drug-likeness (QED) is 0.470. The molecule has 0 spiro atoms. The SMILES string of the molecule is Cn1nnnc1-c1ccc(-c2ccc3c(c2)OC[C@H]2[C@H](Cn4ccnn4)OC(=O)N32)cn1. The Morgan fingerprint density at radius 2 is 2.06 bits per heavy atom. The Balaban J connectivity index is 1.26. The van der Waals surface area contributed by atoms with Crippen molar-refractivity contribution in [3.63, 3.8) is 0 Å². The number of cyclic esters (lactones) is 1. The number of aryl methyl sites for hydroxylation is 1. The van der Waals surface area contributed by atoms with E-state index in [1.165, 1.54) is 0 Å². The van der Waals surface area contributed by atoms with Gasteiger partial charge in [0.1, 0.15) is 30.2 Å². The first kappa shape index (κ1) is 18.4. The fraction of sp³-hybridized carbons (Fsp3) is 0.250. The van der Waals surface area contributed by atoms with Crippen LogP contribution in [0.5, 0.6) is 5.75 Å². The number of anilines is 1. The average molecular weight is 431 g/mol. The van der Waals surface area contributed by atoms with Crippen LogP contribution < -0.4 is 9.64 Å². The van der Waals surface area contributed by atoms with E-state index >= 15 is 0 Å². The molecule has 0 saturated carbocycles. The second-order valence-electron chi connectivity index (χ2n) is 7.54. The highest BCUT2D eigenvalue weighted by Crippen LogP contribution is 2.41. The van der Waals surface area contributed by atoms with Crippen LogP contribution in [0.1, 0.15) is 0 Å². The topological polar surface area (TPSA) is 126 Å². The molecule has 0 bridgehead atoms. The summed E-state index contributed by atoms with van der Waals surface area (Å²) in [6, 6.07) is 9.29. The third-order valence-corrected chi connectivity index (χ3v) is 5.62. The third kappa shape index (κ3) is 2.95. The molecule has 1 fully saturated rings. The van der Waals surface area contributed by atoms with Gasteiger partial charge in [0.25, 0.3) is 0 Å². The molecule has 2 atom stereocenters. The van der Waals surface area contributed by atoms with E-state index in [4.69, 9.17) is 9.47 Å². The molecule has 3 aromatic heterocycles. The summed E-state index contributed by atoms with van der Waals surface area (Å²) in [5.41, 5.74) is 3.19. The monoisotopic (exact) mass is 431 g/mol. The molecule has 32 heavy (non-hydrogen) atoms. The molecule has 160 valence electrons. The number of ether oxygens (including phenoxy) is 2. The minimum atomic E-state index is -0.388. The molecular weight excluding hydrogens is 414 g/mol. The molecule has 1 amide bonds. The number of tetrazole rings is 1. The van der Waals surface area contributed by atoms with Gasteiger partial charge in [-0.25, -0.2) is 14.2 Å². The minimum Gasteiger partial charge on any atom is -0.489 e. The largest absolute Gasteiger partial charge is 0.489 e. The summed E-state index contributed by atoms with van der Waals surface area (Å²) in [4.78, 5) is 18.8. The fourth-order valence-electron chi connectivity index (χ4n) is 4.03. The summed E-state index contributed by atoms with van der Waals surface area (Å²) in [5.74, 6) is 1.21. The Morgan fingerprint density at radius 1 is 1.16 bits per heavy atom. The van der Waals surface area contributed by atoms with Crippen molar-refractivity contribution in [1.29, 1.82) is 0 Å². The molecule has 1 aromatic carbocycles. The lowest BCUT2D eigenvalue weighted by atomic mass is 10.0. The Kier molecular flexibility index (Phi) is 4.09. The molecule has 12 nitrogen and oxygen atoms in total. The standard InChI is InChI=1S/C20H17N9O3/c1-27-19(23-24-26-27)14-4-2-13(9-21-14)12-3-5-15-17(8-12)31-11-16-18(32-20(30)29(15)16)10-28-7-6-22-25-28/h2-9,16,18H,10-11H2,1H3/t16-,18-/m0/s1. The number of benzene rings is 1. The second kappa shape index (κ2) is 7.11. The van der Waals surface area contributed by atoms with Gasteiger partial charge in [0.2, 0.25) is 0 Å². The van der Waals surface area contributed by atoms with Gasteiger partial charge in [-0.05, 0) is 34.2 Å². The lowest BCUT2D eigenvalue weighted by molar-refractivity contribution is 0.106. The third-order valence-electron chi connectivity index (χ3n) is 5.62. The molecule has 0 unspecified atom stereocenters. The van der Waals surface area contributed by atoms with Crippen molar-refractivity contribution >= 4 is 11.8 Å². The van der Waals surface area contributed by atoms with Crippen molar-refractivity contribution in [2.45, 2.75) is 18.7 Å². The summed E-state index contributed by atoms with van der Waals surface area (Å²) in [7, 11) is 1.76. The Bertz CT molecular complexity index is 1290. The van der Waals surface area contributed by atoms with Crippen LogP contribution in [0.3, 0.4) is 0 Å². The number of carbonyl (C=O) groups excluding carboxylic acids is 1. The first-order chi connectivity index (χ1) is 15.7. The molecule has 0 aliphatic carbocycles. The molecule has 4 aromatic rings. The first-order valence-electron chi connectivity index (χ1n) is 9.97. The second-order valence-corrected chi connectivity index (χ2v) is 7.54. The molecule has 0 radical (unpaired) electrons. The van der Waals surface area contributed by atoms with E-state index in [1.807, 2.05) is 30.3 Å². The number of amides is 1. The molecule has 6 rings (SSSR count). The Labute approximate surface area is 181 Å². The normalized spacial score (nSPS) is 19.3. The van der Waals surface area contributed by atoms with Gasteiger partial charge >= 0.3 is 6.09 Å². The molecule has 2 aliphatic heterocycles. The predicted molar refractivity (Wildman–Crippen MR) is 110 cm³/mol. The maximum atomic E-state index is 12.6. The zero-order valence-electron chi connectivity index (χ0n) is 16.9. The lowest BCUT2D eigenvalue weighted by Crippen LogP contribution is -2.45. The summed E-state index contributed by atoms with van der Waals surface area (Å²) in [5, 5.41) is 19.2. The maximum Gasteiger partial charge on any atom is 0.415 e. The number of fused-ring (bicyclic) bond motifs is 3. The number of aromatic nitrogens is 8. The summed E-state index contributed by atoms with van der Waals surface area (Å²) in [6.45, 7) is 0.751. The number of nitrogens with zero attached hydrogens (tertiary/aromatic N) is 9. The van der Waals surface area contributed by atoms with Gasteiger partial charge in [-0.15, -0.1) is 10.2 Å². The predicted octanol–water partition coefficient (Wildman–Crippen LogP) is 1.32. The smallest absolute Gasteiger partial charge is 0.415 e. The zero-order chi connectivity index (χ0) is 21.7. The summed E-state index contributed by atoms with van der Waals surface area (Å²) >= 11 is 0. The Morgan fingerprint density at radius 3 is 2.81 bits per heavy atom. The van der Waals surface area contributed by atoms with E-state index in [2.05, 4.69) is 30.8 Å². The van der Waals surface area contributed by atoms with Gasteiger partial charge in [-0.3, -0.25) is 9.88 Å². The van der Waals surface area contributed by atoms with Crippen molar-refractivity contribution in [1.82, 2.24) is 40.2 Å². The molecule has 5 heterocycles. The van der Waals surface area contributed by atoms with Crippen LogP contribution in [0, 0.1) is 0 Å². The van der Waals surface area contributed by atoms with Crippen molar-refractivity contribution in [3.05, 3.63) is 48.9 Å². The number of hydrogen-bond donors (Lipinski definition) is 0. The highest BCUT2D eigenvalue weighted by atomic mass is 16.6. The highest BCUT2D eigenvalue weighted by Gasteiger charge is 2.46. The summed E-state index contributed by atoms with van der Waals surface area (Å²) in [6.07, 6.45) is 4.33. The minimum absolute atomic E-state index is 0.231. The van der Waals surface area contributed by atoms with Crippen molar-refractivity contribution in [3.8, 4) is 28.4 Å². The molecule has 1 saturated heterocycles. The molecule has 12 heteroatoms. The van der Waals surface area contributed by atoms with Gasteiger partial charge in [0.05, 0.1) is 18.4 Å². The number of pyridine rings is 1. The lowest BCUT2D eigenvalue weighted by Gasteiger charge is -2.31. The first-order valence-corrected chi connectivity index (χ1v) is 9.97. The molecule has 2 aliphatic rings. The number of carbonyl (C=O) groups is 1. The van der Waals surface area contributed by atoms with Crippen molar-refractivity contribution in [2.24, 2.45) is 7.05 Å². The molecular formula is C20H17N9O3. The van der Waals surface area contributed by atoms with E-state index in [1.54, 1.807) is 39.9 Å². The zero-order valence-corrected chi connectivity index (χ0v) is 16.9. The number of hydrogen-bond acceptors (Lipinski definition) is 9. The van der Waals surface area contributed by atoms with Crippen molar-refractivity contribution < 1.29 is 14.3 Å². The van der Waals surface area contributed by atoms with Crippen LogP contribution in [0.15, 0.2) is 48.9 Å². The average Bonchev–Trinajstić information content (AvgIpc) is 3.55. The van der Waals surface area contributed by atoms with Gasteiger partial charge in [-0.2, -0.15) is 0 Å². The van der Waals surface area contributed by atoms with Crippen LogP contribution in [-0.4, -0.2) is 65.0 Å². The van der Waals surface area contributed by atoms with Crippen LogP contribution in [0.2, 0.25) is 0 Å². The molecule has 0 N–H and O–H groups in total. The van der Waals surface area contributed by atoms with E-state index in [0.717, 1.165) is 11.1 Å². The fourth-order valence-corrected chi connectivity index (χ4v) is 4.03. The van der Waals surface area contributed by atoms with Gasteiger partial charge < -0.3 is 9.47 Å². The summed E-state index contributed by atoms with van der Waals surface area (Å²) < 4.78 is 14.8. The van der Waals surface area contributed by atoms with Crippen molar-refractivity contribution in [2.75, 3.05) is 11.5 Å². The van der Waals surface area contributed by atoms with Gasteiger partial charge in [-0.1, -0.05) is 17.3 Å².